The number of carbonyl (C=O) groups excluding carboxylic acids is 1. The number of rotatable bonds is 2. The van der Waals surface area contributed by atoms with Crippen LogP contribution in [0.3, 0.4) is 0 Å². The second kappa shape index (κ2) is 4.83. The summed E-state index contributed by atoms with van der Waals surface area (Å²) in [5.74, 6) is 0.542. The maximum absolute atomic E-state index is 9.69. The van der Waals surface area contributed by atoms with E-state index < -0.39 is 0 Å². The predicted octanol–water partition coefficient (Wildman–Crippen LogP) is 0.835. The number of nitrogens with zero attached hydrogens (tertiary/aromatic N) is 1. The summed E-state index contributed by atoms with van der Waals surface area (Å²) in [6.45, 7) is 2.12. The Balaban J connectivity index is 2.28. The van der Waals surface area contributed by atoms with Gasteiger partial charge in [0.25, 0.3) is 0 Å². The summed E-state index contributed by atoms with van der Waals surface area (Å²) in [6.07, 6.45) is 7.36. The molecule has 11 heavy (non-hydrogen) atoms. The third-order valence-electron chi connectivity index (χ3n) is 1.82. The fourth-order valence-electron chi connectivity index (χ4n) is 1.24. The fourth-order valence-corrected chi connectivity index (χ4v) is 1.24. The van der Waals surface area contributed by atoms with Crippen molar-refractivity contribution in [2.45, 2.75) is 12.8 Å². The molecule has 1 aliphatic rings. The second-order valence-electron chi connectivity index (χ2n) is 2.67. The molecule has 0 amide bonds. The zero-order valence-corrected chi connectivity index (χ0v) is 6.42. The highest BCUT2D eigenvalue weighted by molar-refractivity contribution is 5.34. The Bertz CT molecular complexity index is 177. The highest BCUT2D eigenvalue weighted by Crippen LogP contribution is 2.10. The van der Waals surface area contributed by atoms with E-state index in [9.17, 15) is 4.79 Å². The molecule has 1 atom stereocenters. The lowest BCUT2D eigenvalue weighted by atomic mass is 10.00. The van der Waals surface area contributed by atoms with E-state index in [-0.39, 0.29) is 0 Å². The number of piperidine rings is 1. The minimum atomic E-state index is 0.542. The Morgan fingerprint density at radius 2 is 2.55 bits per heavy atom. The summed E-state index contributed by atoms with van der Waals surface area (Å²) in [4.78, 5) is 13.0. The van der Waals surface area contributed by atoms with Gasteiger partial charge in [-0.25, -0.2) is 4.79 Å². The van der Waals surface area contributed by atoms with E-state index >= 15 is 0 Å². The molecule has 0 saturated carbocycles. The van der Waals surface area contributed by atoms with Crippen molar-refractivity contribution >= 4 is 6.08 Å². The van der Waals surface area contributed by atoms with Crippen LogP contribution in [0.1, 0.15) is 12.8 Å². The lowest BCUT2D eigenvalue weighted by molar-refractivity contribution is 0.438. The Kier molecular flexibility index (Phi) is 3.59. The fraction of sp³-hybridized carbons (Fsp3) is 0.625. The van der Waals surface area contributed by atoms with Crippen molar-refractivity contribution < 1.29 is 4.79 Å². The van der Waals surface area contributed by atoms with Gasteiger partial charge in [0.05, 0.1) is 0 Å². The van der Waals surface area contributed by atoms with Crippen LogP contribution in [0.5, 0.6) is 0 Å². The van der Waals surface area contributed by atoms with Gasteiger partial charge in [-0.05, 0) is 25.3 Å². The largest absolute Gasteiger partial charge is 0.316 e. The molecule has 0 aromatic carbocycles. The van der Waals surface area contributed by atoms with Crippen molar-refractivity contribution in [3.63, 3.8) is 0 Å². The number of hydrogen-bond donors (Lipinski definition) is 1. The van der Waals surface area contributed by atoms with Crippen molar-refractivity contribution in [2.24, 2.45) is 10.9 Å². The van der Waals surface area contributed by atoms with E-state index in [0.29, 0.717) is 5.92 Å². The molecule has 1 N–H and O–H groups in total. The van der Waals surface area contributed by atoms with Crippen LogP contribution >= 0.6 is 0 Å². The molecular weight excluding hydrogens is 140 g/mol. The van der Waals surface area contributed by atoms with Crippen molar-refractivity contribution in [2.75, 3.05) is 13.1 Å². The minimum absolute atomic E-state index is 0.542. The maximum atomic E-state index is 9.69. The summed E-state index contributed by atoms with van der Waals surface area (Å²) < 4.78 is 0. The van der Waals surface area contributed by atoms with Gasteiger partial charge >= 0.3 is 0 Å². The Hall–Kier alpha value is -0.920. The summed E-state index contributed by atoms with van der Waals surface area (Å²) in [5.41, 5.74) is 0. The van der Waals surface area contributed by atoms with E-state index in [4.69, 9.17) is 0 Å². The summed E-state index contributed by atoms with van der Waals surface area (Å²) in [7, 11) is 0. The molecule has 0 radical (unpaired) electrons. The minimum Gasteiger partial charge on any atom is -0.316 e. The molecule has 0 aromatic rings. The van der Waals surface area contributed by atoms with Gasteiger partial charge in [-0.1, -0.05) is 6.08 Å². The number of isocyanates is 1. The molecule has 0 bridgehead atoms. The van der Waals surface area contributed by atoms with Crippen LogP contribution in [-0.2, 0) is 4.79 Å². The molecule has 0 spiro atoms. The van der Waals surface area contributed by atoms with Gasteiger partial charge < -0.3 is 5.32 Å². The molecule has 1 aliphatic heterocycles. The molecule has 1 heterocycles. The zero-order valence-electron chi connectivity index (χ0n) is 6.42. The molecule has 1 saturated heterocycles. The van der Waals surface area contributed by atoms with Crippen molar-refractivity contribution in [1.29, 1.82) is 0 Å². The van der Waals surface area contributed by atoms with Gasteiger partial charge in [-0.3, -0.25) is 0 Å². The van der Waals surface area contributed by atoms with Crippen LogP contribution in [0.4, 0.5) is 0 Å². The third kappa shape index (κ3) is 3.12. The molecular formula is C8H12N2O. The van der Waals surface area contributed by atoms with Gasteiger partial charge in [0.2, 0.25) is 6.08 Å². The highest BCUT2D eigenvalue weighted by atomic mass is 16.1. The maximum Gasteiger partial charge on any atom is 0.239 e. The standard InChI is InChI=1S/C8H12N2O/c11-7-10-5-3-8-2-1-4-9-6-8/h3,5,8-9H,1-2,4,6H2/b5-3-. The van der Waals surface area contributed by atoms with Crippen LogP contribution in [0.2, 0.25) is 0 Å². The van der Waals surface area contributed by atoms with Gasteiger partial charge in [0.15, 0.2) is 0 Å². The third-order valence-corrected chi connectivity index (χ3v) is 1.82. The van der Waals surface area contributed by atoms with Gasteiger partial charge in [0.1, 0.15) is 0 Å². The van der Waals surface area contributed by atoms with E-state index in [1.807, 2.05) is 6.08 Å². The topological polar surface area (TPSA) is 41.5 Å². The monoisotopic (exact) mass is 152 g/mol. The van der Waals surface area contributed by atoms with Crippen LogP contribution < -0.4 is 5.32 Å². The summed E-state index contributed by atoms with van der Waals surface area (Å²) in [5, 5.41) is 3.27. The van der Waals surface area contributed by atoms with Gasteiger partial charge in [-0.15, -0.1) is 0 Å². The molecule has 1 unspecified atom stereocenters. The predicted molar refractivity (Wildman–Crippen MR) is 42.9 cm³/mol. The smallest absolute Gasteiger partial charge is 0.239 e. The molecule has 1 rings (SSSR count). The van der Waals surface area contributed by atoms with Gasteiger partial charge in [0, 0.05) is 12.7 Å². The Labute approximate surface area is 66.2 Å². The van der Waals surface area contributed by atoms with Crippen LogP contribution in [0.25, 0.3) is 0 Å². The summed E-state index contributed by atoms with van der Waals surface area (Å²) >= 11 is 0. The van der Waals surface area contributed by atoms with E-state index in [0.717, 1.165) is 13.1 Å². The van der Waals surface area contributed by atoms with Crippen LogP contribution in [-0.4, -0.2) is 19.2 Å². The molecule has 0 aliphatic carbocycles. The first kappa shape index (κ1) is 8.18. The van der Waals surface area contributed by atoms with Crippen molar-refractivity contribution in [3.8, 4) is 0 Å². The first-order valence-electron chi connectivity index (χ1n) is 3.88. The number of aliphatic imine (C=N–C) groups is 1. The Morgan fingerprint density at radius 3 is 3.18 bits per heavy atom. The van der Waals surface area contributed by atoms with Crippen LogP contribution in [0, 0.1) is 5.92 Å². The lowest BCUT2D eigenvalue weighted by Crippen LogP contribution is -2.28. The first-order valence-corrected chi connectivity index (χ1v) is 3.88. The van der Waals surface area contributed by atoms with E-state index in [1.165, 1.54) is 25.1 Å². The average Bonchev–Trinajstić information content (AvgIpc) is 2.07. The number of nitrogens with one attached hydrogen (secondary N) is 1. The molecule has 3 heteroatoms. The number of hydrogen-bond acceptors (Lipinski definition) is 3. The van der Waals surface area contributed by atoms with Crippen LogP contribution in [0.15, 0.2) is 17.3 Å². The van der Waals surface area contributed by atoms with E-state index in [1.54, 1.807) is 0 Å². The SMILES string of the molecule is O=C=N/C=C\C1CCCNC1. The normalized spacial score (nSPS) is 24.9. The second-order valence-corrected chi connectivity index (χ2v) is 2.67. The lowest BCUT2D eigenvalue weighted by Gasteiger charge is -2.18. The van der Waals surface area contributed by atoms with E-state index in [2.05, 4.69) is 10.3 Å². The Morgan fingerprint density at radius 1 is 1.64 bits per heavy atom. The van der Waals surface area contributed by atoms with Crippen molar-refractivity contribution in [3.05, 3.63) is 12.3 Å². The highest BCUT2D eigenvalue weighted by Gasteiger charge is 2.08. The zero-order chi connectivity index (χ0) is 7.94. The molecule has 1 fully saturated rings. The first-order chi connectivity index (χ1) is 5.43. The van der Waals surface area contributed by atoms with Gasteiger partial charge in [-0.2, -0.15) is 4.99 Å². The average molecular weight is 152 g/mol. The summed E-state index contributed by atoms with van der Waals surface area (Å²) in [6, 6.07) is 0. The molecule has 3 nitrogen and oxygen atoms in total. The van der Waals surface area contributed by atoms with Crippen molar-refractivity contribution in [1.82, 2.24) is 5.32 Å². The quantitative estimate of drug-likeness (QED) is 0.470. The molecule has 0 aromatic heterocycles. The molecule has 60 valence electrons.